The number of sulfonamides is 1. The van der Waals surface area contributed by atoms with Gasteiger partial charge in [0.2, 0.25) is 10.0 Å². The Morgan fingerprint density at radius 2 is 1.91 bits per heavy atom. The summed E-state index contributed by atoms with van der Waals surface area (Å²) >= 11 is 1.49. The van der Waals surface area contributed by atoms with E-state index in [1.165, 1.54) is 23.6 Å². The predicted molar refractivity (Wildman–Crippen MR) is 90.5 cm³/mol. The van der Waals surface area contributed by atoms with Gasteiger partial charge in [0.15, 0.2) is 0 Å². The summed E-state index contributed by atoms with van der Waals surface area (Å²) in [5.41, 5.74) is 1.87. The smallest absolute Gasteiger partial charge is 0.242 e. The number of aromatic nitrogens is 2. The molecule has 0 aliphatic heterocycles. The van der Waals surface area contributed by atoms with Crippen LogP contribution in [0.25, 0.3) is 10.6 Å². The van der Waals surface area contributed by atoms with Crippen LogP contribution >= 0.6 is 11.3 Å². The van der Waals surface area contributed by atoms with Crippen LogP contribution in [0, 0.1) is 6.92 Å². The van der Waals surface area contributed by atoms with Gasteiger partial charge in [-0.1, -0.05) is 30.3 Å². The van der Waals surface area contributed by atoms with Crippen LogP contribution in [-0.2, 0) is 16.6 Å². The maximum absolute atomic E-state index is 12.2. The summed E-state index contributed by atoms with van der Waals surface area (Å²) in [5, 5.41) is 0.888. The molecule has 2 heterocycles. The SMILES string of the molecule is Cc1nc(-c2ccccc2)sc1CNS(=O)(=O)c1cccnc1. The van der Waals surface area contributed by atoms with E-state index in [2.05, 4.69) is 14.7 Å². The van der Waals surface area contributed by atoms with Crippen LogP contribution in [0.4, 0.5) is 0 Å². The molecule has 0 amide bonds. The van der Waals surface area contributed by atoms with E-state index < -0.39 is 10.0 Å². The largest absolute Gasteiger partial charge is 0.263 e. The first-order valence-electron chi connectivity index (χ1n) is 6.98. The molecule has 1 N–H and O–H groups in total. The summed E-state index contributed by atoms with van der Waals surface area (Å²) in [6.45, 7) is 2.10. The first kappa shape index (κ1) is 15.8. The number of thiazole rings is 1. The van der Waals surface area contributed by atoms with Crippen molar-refractivity contribution in [2.75, 3.05) is 0 Å². The molecule has 0 fully saturated rings. The Morgan fingerprint density at radius 1 is 1.13 bits per heavy atom. The lowest BCUT2D eigenvalue weighted by atomic mass is 10.2. The zero-order chi connectivity index (χ0) is 16.3. The number of hydrogen-bond acceptors (Lipinski definition) is 5. The Balaban J connectivity index is 1.78. The topological polar surface area (TPSA) is 72.0 Å². The molecule has 2 aromatic heterocycles. The fourth-order valence-corrected chi connectivity index (χ4v) is 4.10. The highest BCUT2D eigenvalue weighted by Gasteiger charge is 2.16. The normalized spacial score (nSPS) is 11.5. The minimum absolute atomic E-state index is 0.158. The van der Waals surface area contributed by atoms with Crippen LogP contribution in [0.3, 0.4) is 0 Å². The molecule has 0 saturated carbocycles. The summed E-state index contributed by atoms with van der Waals surface area (Å²) in [5.74, 6) is 0. The summed E-state index contributed by atoms with van der Waals surface area (Å²) < 4.78 is 27.1. The zero-order valence-corrected chi connectivity index (χ0v) is 14.1. The van der Waals surface area contributed by atoms with Gasteiger partial charge in [-0.05, 0) is 19.1 Å². The van der Waals surface area contributed by atoms with Crippen molar-refractivity contribution in [3.8, 4) is 10.6 Å². The van der Waals surface area contributed by atoms with Gasteiger partial charge in [-0.2, -0.15) is 0 Å². The predicted octanol–water partition coefficient (Wildman–Crippen LogP) is 2.99. The van der Waals surface area contributed by atoms with Crippen molar-refractivity contribution in [2.24, 2.45) is 0 Å². The Labute approximate surface area is 139 Å². The van der Waals surface area contributed by atoms with Crippen LogP contribution in [0.15, 0.2) is 59.8 Å². The van der Waals surface area contributed by atoms with Gasteiger partial charge in [-0.25, -0.2) is 18.1 Å². The van der Waals surface area contributed by atoms with Crippen LogP contribution < -0.4 is 4.72 Å². The standard InChI is InChI=1S/C16H15N3O2S2/c1-12-15(22-16(19-12)13-6-3-2-4-7-13)11-18-23(20,21)14-8-5-9-17-10-14/h2-10,18H,11H2,1H3. The Morgan fingerprint density at radius 3 is 2.61 bits per heavy atom. The first-order chi connectivity index (χ1) is 11.1. The van der Waals surface area contributed by atoms with Gasteiger partial charge >= 0.3 is 0 Å². The van der Waals surface area contributed by atoms with Crippen molar-refractivity contribution in [1.29, 1.82) is 0 Å². The van der Waals surface area contributed by atoms with Crippen LogP contribution in [0.5, 0.6) is 0 Å². The second-order valence-corrected chi connectivity index (χ2v) is 7.76. The molecule has 23 heavy (non-hydrogen) atoms. The number of rotatable bonds is 5. The Bertz CT molecular complexity index is 892. The number of hydrogen-bond donors (Lipinski definition) is 1. The molecule has 0 aliphatic rings. The van der Waals surface area contributed by atoms with Gasteiger partial charge < -0.3 is 0 Å². The Kier molecular flexibility index (Phi) is 4.51. The van der Waals surface area contributed by atoms with Gasteiger partial charge in [0.1, 0.15) is 9.90 Å². The van der Waals surface area contributed by atoms with Gasteiger partial charge in [-0.3, -0.25) is 4.98 Å². The summed E-state index contributed by atoms with van der Waals surface area (Å²) in [6.07, 6.45) is 2.87. The van der Waals surface area contributed by atoms with E-state index in [0.29, 0.717) is 0 Å². The number of nitrogens with one attached hydrogen (secondary N) is 1. The highest BCUT2D eigenvalue weighted by molar-refractivity contribution is 7.89. The summed E-state index contributed by atoms with van der Waals surface area (Å²) in [4.78, 5) is 9.42. The molecule has 0 unspecified atom stereocenters. The fraction of sp³-hybridized carbons (Fsp3) is 0.125. The quantitative estimate of drug-likeness (QED) is 0.771. The van der Waals surface area contributed by atoms with Crippen molar-refractivity contribution in [3.05, 3.63) is 65.4 Å². The molecule has 3 rings (SSSR count). The average molecular weight is 345 g/mol. The van der Waals surface area contributed by atoms with Crippen molar-refractivity contribution in [2.45, 2.75) is 18.4 Å². The number of pyridine rings is 1. The lowest BCUT2D eigenvalue weighted by Gasteiger charge is -2.05. The number of aryl methyl sites for hydroxylation is 1. The van der Waals surface area contributed by atoms with Crippen molar-refractivity contribution < 1.29 is 8.42 Å². The molecule has 118 valence electrons. The minimum Gasteiger partial charge on any atom is -0.263 e. The van der Waals surface area contributed by atoms with Gasteiger partial charge in [0.25, 0.3) is 0 Å². The molecule has 0 saturated heterocycles. The highest BCUT2D eigenvalue weighted by Crippen LogP contribution is 2.27. The second-order valence-electron chi connectivity index (χ2n) is 4.91. The molecule has 0 atom stereocenters. The highest BCUT2D eigenvalue weighted by atomic mass is 32.2. The third-order valence-electron chi connectivity index (χ3n) is 3.28. The summed E-state index contributed by atoms with van der Waals surface area (Å²) in [7, 11) is -3.56. The molecule has 0 radical (unpaired) electrons. The van der Waals surface area contributed by atoms with E-state index in [-0.39, 0.29) is 11.4 Å². The van der Waals surface area contributed by atoms with E-state index in [0.717, 1.165) is 21.1 Å². The first-order valence-corrected chi connectivity index (χ1v) is 9.27. The van der Waals surface area contributed by atoms with Gasteiger partial charge in [-0.15, -0.1) is 11.3 Å². The van der Waals surface area contributed by atoms with Crippen molar-refractivity contribution in [1.82, 2.24) is 14.7 Å². The third-order valence-corrected chi connectivity index (χ3v) is 5.87. The molecule has 7 heteroatoms. The molecular formula is C16H15N3O2S2. The van der Waals surface area contributed by atoms with Crippen LogP contribution in [0.2, 0.25) is 0 Å². The van der Waals surface area contributed by atoms with E-state index in [4.69, 9.17) is 0 Å². The monoisotopic (exact) mass is 345 g/mol. The molecule has 0 aliphatic carbocycles. The molecule has 0 spiro atoms. The van der Waals surface area contributed by atoms with Crippen LogP contribution in [-0.4, -0.2) is 18.4 Å². The molecule has 1 aromatic carbocycles. The van der Waals surface area contributed by atoms with Crippen LogP contribution in [0.1, 0.15) is 10.6 Å². The number of nitrogens with zero attached hydrogens (tertiary/aromatic N) is 2. The maximum atomic E-state index is 12.2. The Hall–Kier alpha value is -2.09. The van der Waals surface area contributed by atoms with E-state index in [1.54, 1.807) is 12.3 Å². The van der Waals surface area contributed by atoms with Crippen molar-refractivity contribution >= 4 is 21.4 Å². The maximum Gasteiger partial charge on any atom is 0.242 e. The molecular weight excluding hydrogens is 330 g/mol. The van der Waals surface area contributed by atoms with E-state index in [1.807, 2.05) is 37.3 Å². The fourth-order valence-electron chi connectivity index (χ4n) is 2.05. The molecule has 3 aromatic rings. The third kappa shape index (κ3) is 3.64. The van der Waals surface area contributed by atoms with E-state index >= 15 is 0 Å². The van der Waals surface area contributed by atoms with Gasteiger partial charge in [0, 0.05) is 29.4 Å². The zero-order valence-electron chi connectivity index (χ0n) is 12.4. The molecule has 5 nitrogen and oxygen atoms in total. The minimum atomic E-state index is -3.56. The lowest BCUT2D eigenvalue weighted by Crippen LogP contribution is -2.23. The van der Waals surface area contributed by atoms with Gasteiger partial charge in [0.05, 0.1) is 5.69 Å². The second kappa shape index (κ2) is 6.57. The number of benzene rings is 1. The van der Waals surface area contributed by atoms with Crippen molar-refractivity contribution in [3.63, 3.8) is 0 Å². The lowest BCUT2D eigenvalue weighted by molar-refractivity contribution is 0.581. The average Bonchev–Trinajstić information content (AvgIpc) is 2.96. The van der Waals surface area contributed by atoms with E-state index in [9.17, 15) is 8.42 Å². The molecule has 0 bridgehead atoms. The summed E-state index contributed by atoms with van der Waals surface area (Å²) in [6, 6.07) is 13.0.